The van der Waals surface area contributed by atoms with Crippen LogP contribution in [-0.4, -0.2) is 48.4 Å². The number of carbonyl (C=O) groups excluding carboxylic acids is 1. The predicted octanol–water partition coefficient (Wildman–Crippen LogP) is 0.805. The van der Waals surface area contributed by atoms with Crippen LogP contribution < -0.4 is 0 Å². The van der Waals surface area contributed by atoms with Gasteiger partial charge in [0.2, 0.25) is 5.91 Å². The van der Waals surface area contributed by atoms with E-state index in [0.29, 0.717) is 12.6 Å². The number of amides is 1. The van der Waals surface area contributed by atoms with Crippen LogP contribution in [0, 0.1) is 5.92 Å². The summed E-state index contributed by atoms with van der Waals surface area (Å²) in [6.45, 7) is 9.05. The summed E-state index contributed by atoms with van der Waals surface area (Å²) in [5, 5.41) is 0. The summed E-state index contributed by atoms with van der Waals surface area (Å²) >= 11 is 0. The van der Waals surface area contributed by atoms with Crippen molar-refractivity contribution in [2.45, 2.75) is 26.8 Å². The van der Waals surface area contributed by atoms with E-state index < -0.39 is 0 Å². The van der Waals surface area contributed by atoms with Crippen LogP contribution in [0.3, 0.4) is 0 Å². The average molecular weight is 184 g/mol. The van der Waals surface area contributed by atoms with Gasteiger partial charge in [-0.25, -0.2) is 0 Å². The minimum absolute atomic E-state index is 0.238. The summed E-state index contributed by atoms with van der Waals surface area (Å²) < 4.78 is 0. The molecule has 0 spiro atoms. The van der Waals surface area contributed by atoms with Crippen LogP contribution in [0.1, 0.15) is 20.8 Å². The van der Waals surface area contributed by atoms with E-state index in [0.717, 1.165) is 19.0 Å². The summed E-state index contributed by atoms with van der Waals surface area (Å²) in [5.41, 5.74) is 0. The van der Waals surface area contributed by atoms with Crippen LogP contribution in [0.4, 0.5) is 0 Å². The van der Waals surface area contributed by atoms with Gasteiger partial charge in [-0.05, 0) is 19.8 Å². The average Bonchev–Trinajstić information content (AvgIpc) is 2.00. The van der Waals surface area contributed by atoms with Gasteiger partial charge < -0.3 is 4.90 Å². The van der Waals surface area contributed by atoms with Crippen molar-refractivity contribution in [2.75, 3.05) is 26.7 Å². The van der Waals surface area contributed by atoms with Crippen molar-refractivity contribution in [2.24, 2.45) is 5.92 Å². The highest BCUT2D eigenvalue weighted by atomic mass is 16.2. The lowest BCUT2D eigenvalue weighted by Gasteiger charge is -2.37. The van der Waals surface area contributed by atoms with Crippen LogP contribution in [0.5, 0.6) is 0 Å². The van der Waals surface area contributed by atoms with Crippen molar-refractivity contribution >= 4 is 5.91 Å². The zero-order chi connectivity index (χ0) is 10.0. The Morgan fingerprint density at radius 3 is 2.46 bits per heavy atom. The van der Waals surface area contributed by atoms with Gasteiger partial charge in [0.15, 0.2) is 0 Å². The lowest BCUT2D eigenvalue weighted by molar-refractivity contribution is -0.134. The standard InChI is InChI=1S/C10H20N2O/c1-8(2)11(4)10(13)7-12-5-9(3)6-12/h8-9H,5-7H2,1-4H3. The number of hydrogen-bond acceptors (Lipinski definition) is 2. The molecule has 76 valence electrons. The van der Waals surface area contributed by atoms with Gasteiger partial charge in [-0.2, -0.15) is 0 Å². The Bertz CT molecular complexity index is 185. The molecule has 1 saturated heterocycles. The van der Waals surface area contributed by atoms with Crippen molar-refractivity contribution < 1.29 is 4.79 Å². The van der Waals surface area contributed by atoms with E-state index in [9.17, 15) is 4.79 Å². The number of nitrogens with zero attached hydrogens (tertiary/aromatic N) is 2. The monoisotopic (exact) mass is 184 g/mol. The van der Waals surface area contributed by atoms with Crippen LogP contribution in [-0.2, 0) is 4.79 Å². The maximum absolute atomic E-state index is 11.6. The quantitative estimate of drug-likeness (QED) is 0.648. The van der Waals surface area contributed by atoms with Crippen molar-refractivity contribution in [3.05, 3.63) is 0 Å². The fraction of sp³-hybridized carbons (Fsp3) is 0.900. The fourth-order valence-electron chi connectivity index (χ4n) is 1.55. The van der Waals surface area contributed by atoms with Gasteiger partial charge in [-0.3, -0.25) is 9.69 Å². The number of hydrogen-bond donors (Lipinski definition) is 0. The topological polar surface area (TPSA) is 23.6 Å². The highest BCUT2D eigenvalue weighted by Crippen LogP contribution is 2.13. The first-order chi connectivity index (χ1) is 6.00. The molecular formula is C10H20N2O. The van der Waals surface area contributed by atoms with Gasteiger partial charge in [0.05, 0.1) is 6.54 Å². The van der Waals surface area contributed by atoms with Crippen LogP contribution >= 0.6 is 0 Å². The molecule has 0 aromatic heterocycles. The summed E-state index contributed by atoms with van der Waals surface area (Å²) in [5.74, 6) is 1.01. The Hall–Kier alpha value is -0.570. The van der Waals surface area contributed by atoms with E-state index in [2.05, 4.69) is 11.8 Å². The molecule has 0 aliphatic carbocycles. The van der Waals surface area contributed by atoms with E-state index in [4.69, 9.17) is 0 Å². The lowest BCUT2D eigenvalue weighted by Crippen LogP contribution is -2.50. The number of likely N-dealkylation sites (N-methyl/N-ethyl adjacent to an activating group) is 1. The second kappa shape index (κ2) is 4.09. The molecule has 1 rings (SSSR count). The number of likely N-dealkylation sites (tertiary alicyclic amines) is 1. The van der Waals surface area contributed by atoms with Gasteiger partial charge in [0.25, 0.3) is 0 Å². The minimum atomic E-state index is 0.238. The summed E-state index contributed by atoms with van der Waals surface area (Å²) in [6, 6.07) is 0.311. The molecule has 3 nitrogen and oxygen atoms in total. The Morgan fingerprint density at radius 1 is 1.54 bits per heavy atom. The maximum Gasteiger partial charge on any atom is 0.236 e. The molecule has 0 N–H and O–H groups in total. The SMILES string of the molecule is CC1CN(CC(=O)N(C)C(C)C)C1. The van der Waals surface area contributed by atoms with Gasteiger partial charge in [-0.1, -0.05) is 6.92 Å². The molecule has 1 aliphatic heterocycles. The second-order valence-corrected chi connectivity index (χ2v) is 4.40. The third-order valence-corrected chi connectivity index (χ3v) is 2.67. The number of carbonyl (C=O) groups is 1. The first-order valence-electron chi connectivity index (χ1n) is 4.98. The first-order valence-corrected chi connectivity index (χ1v) is 4.98. The Kier molecular flexibility index (Phi) is 3.31. The third-order valence-electron chi connectivity index (χ3n) is 2.67. The van der Waals surface area contributed by atoms with E-state index in [1.807, 2.05) is 25.8 Å². The van der Waals surface area contributed by atoms with Crippen LogP contribution in [0.2, 0.25) is 0 Å². The molecule has 1 heterocycles. The van der Waals surface area contributed by atoms with Gasteiger partial charge in [-0.15, -0.1) is 0 Å². The van der Waals surface area contributed by atoms with Gasteiger partial charge >= 0.3 is 0 Å². The zero-order valence-corrected chi connectivity index (χ0v) is 9.08. The molecule has 0 bridgehead atoms. The van der Waals surface area contributed by atoms with E-state index >= 15 is 0 Å². The first kappa shape index (κ1) is 10.5. The molecule has 0 aromatic carbocycles. The molecule has 3 heteroatoms. The van der Waals surface area contributed by atoms with Crippen molar-refractivity contribution in [1.82, 2.24) is 9.80 Å². The van der Waals surface area contributed by atoms with Crippen LogP contribution in [0.25, 0.3) is 0 Å². The highest BCUT2D eigenvalue weighted by molar-refractivity contribution is 5.78. The fourth-order valence-corrected chi connectivity index (χ4v) is 1.55. The Morgan fingerprint density at radius 2 is 2.08 bits per heavy atom. The summed E-state index contributed by atoms with van der Waals surface area (Å²) in [7, 11) is 1.87. The third kappa shape index (κ3) is 2.69. The molecule has 1 amide bonds. The van der Waals surface area contributed by atoms with Crippen molar-refractivity contribution in [3.8, 4) is 0 Å². The zero-order valence-electron chi connectivity index (χ0n) is 9.08. The molecule has 0 aromatic rings. The second-order valence-electron chi connectivity index (χ2n) is 4.40. The number of rotatable bonds is 3. The largest absolute Gasteiger partial charge is 0.342 e. The molecule has 0 radical (unpaired) electrons. The molecule has 0 atom stereocenters. The molecule has 1 fully saturated rings. The molecule has 13 heavy (non-hydrogen) atoms. The van der Waals surface area contributed by atoms with Crippen LogP contribution in [0.15, 0.2) is 0 Å². The van der Waals surface area contributed by atoms with Gasteiger partial charge in [0.1, 0.15) is 0 Å². The van der Waals surface area contributed by atoms with Crippen molar-refractivity contribution in [3.63, 3.8) is 0 Å². The van der Waals surface area contributed by atoms with E-state index in [-0.39, 0.29) is 5.91 Å². The Labute approximate surface area is 80.7 Å². The highest BCUT2D eigenvalue weighted by Gasteiger charge is 2.25. The normalized spacial score (nSPS) is 18.8. The molecule has 0 unspecified atom stereocenters. The molecular weight excluding hydrogens is 164 g/mol. The molecule has 1 aliphatic rings. The summed E-state index contributed by atoms with van der Waals surface area (Å²) in [4.78, 5) is 15.6. The maximum atomic E-state index is 11.6. The van der Waals surface area contributed by atoms with Crippen molar-refractivity contribution in [1.29, 1.82) is 0 Å². The smallest absolute Gasteiger partial charge is 0.236 e. The Balaban J connectivity index is 2.25. The summed E-state index contributed by atoms with van der Waals surface area (Å²) in [6.07, 6.45) is 0. The lowest BCUT2D eigenvalue weighted by atomic mass is 10.0. The predicted molar refractivity (Wildman–Crippen MR) is 53.5 cm³/mol. The minimum Gasteiger partial charge on any atom is -0.342 e. The van der Waals surface area contributed by atoms with E-state index in [1.165, 1.54) is 0 Å². The van der Waals surface area contributed by atoms with Gasteiger partial charge in [0, 0.05) is 26.2 Å². The van der Waals surface area contributed by atoms with E-state index in [1.54, 1.807) is 0 Å². The molecule has 0 saturated carbocycles.